The number of hydrogen-bond donors (Lipinski definition) is 0. The Hall–Kier alpha value is -2.75. The molecule has 142 valence electrons. The number of amides is 2. The van der Waals surface area contributed by atoms with Crippen LogP contribution in [0.25, 0.3) is 0 Å². The predicted octanol–water partition coefficient (Wildman–Crippen LogP) is 2.77. The molecule has 6 nitrogen and oxygen atoms in total. The van der Waals surface area contributed by atoms with Gasteiger partial charge in [0.2, 0.25) is 5.91 Å². The lowest BCUT2D eigenvalue weighted by Crippen LogP contribution is -2.50. The van der Waals surface area contributed by atoms with Crippen molar-refractivity contribution in [2.75, 3.05) is 26.2 Å². The second kappa shape index (κ2) is 7.87. The van der Waals surface area contributed by atoms with Crippen molar-refractivity contribution in [1.82, 2.24) is 9.80 Å². The van der Waals surface area contributed by atoms with Crippen molar-refractivity contribution in [1.29, 1.82) is 0 Å². The summed E-state index contributed by atoms with van der Waals surface area (Å²) in [5.74, 6) is 2.03. The number of halogens is 1. The van der Waals surface area contributed by atoms with Crippen LogP contribution < -0.4 is 0 Å². The lowest BCUT2D eigenvalue weighted by molar-refractivity contribution is -0.132. The van der Waals surface area contributed by atoms with Gasteiger partial charge in [-0.1, -0.05) is 6.07 Å². The summed E-state index contributed by atoms with van der Waals surface area (Å²) in [7, 11) is 0. The lowest BCUT2D eigenvalue weighted by atomic mass is 10.0. The molecule has 2 aliphatic heterocycles. The fourth-order valence-corrected chi connectivity index (χ4v) is 3.20. The van der Waals surface area contributed by atoms with E-state index in [2.05, 4.69) is 16.1 Å². The minimum Gasteiger partial charge on any atom is -0.339 e. The Kier molecular flexibility index (Phi) is 5.54. The monoisotopic (exact) mass is 370 g/mol. The fraction of sp³-hybridized carbons (Fsp3) is 0.500. The normalized spacial score (nSPS) is 17.5. The van der Waals surface area contributed by atoms with E-state index in [9.17, 15) is 14.0 Å². The van der Waals surface area contributed by atoms with Crippen molar-refractivity contribution in [2.45, 2.75) is 38.3 Å². The van der Waals surface area contributed by atoms with Gasteiger partial charge in [0.05, 0.1) is 0 Å². The maximum Gasteiger partial charge on any atom is 0.254 e. The predicted molar refractivity (Wildman–Crippen MR) is 98.5 cm³/mol. The molecule has 0 N–H and O–H groups in total. The van der Waals surface area contributed by atoms with Crippen LogP contribution in [0.15, 0.2) is 28.4 Å². The SMILES string of the molecule is C#CCCC1(CCC(=O)N2CCN(C(=O)c3ccc(C)c(F)c3)CC2)N=N1. The number of aryl methyl sites for hydroxylation is 1. The van der Waals surface area contributed by atoms with Crippen LogP contribution in [0.1, 0.15) is 41.6 Å². The van der Waals surface area contributed by atoms with E-state index in [1.807, 2.05) is 0 Å². The highest BCUT2D eigenvalue weighted by molar-refractivity contribution is 5.94. The molecule has 2 amide bonds. The summed E-state index contributed by atoms with van der Waals surface area (Å²) in [6, 6.07) is 4.51. The lowest BCUT2D eigenvalue weighted by Gasteiger charge is -2.35. The van der Waals surface area contributed by atoms with Gasteiger partial charge in [-0.2, -0.15) is 10.2 Å². The molecule has 0 spiro atoms. The average molecular weight is 370 g/mol. The molecule has 0 bridgehead atoms. The summed E-state index contributed by atoms with van der Waals surface area (Å²) < 4.78 is 13.7. The van der Waals surface area contributed by atoms with Gasteiger partial charge < -0.3 is 9.80 Å². The van der Waals surface area contributed by atoms with E-state index in [0.29, 0.717) is 63.0 Å². The molecule has 0 unspecified atom stereocenters. The van der Waals surface area contributed by atoms with Gasteiger partial charge in [0.1, 0.15) is 5.82 Å². The standard InChI is InChI=1S/C20H23FN4O2/c1-3-4-8-20(22-23-20)9-7-18(26)24-10-12-25(13-11-24)19(27)16-6-5-15(2)17(21)14-16/h1,5-6,14H,4,7-13H2,2H3. The topological polar surface area (TPSA) is 65.3 Å². The molecule has 1 aromatic carbocycles. The number of carbonyl (C=O) groups is 2. The molecule has 2 aliphatic rings. The molecule has 1 saturated heterocycles. The molecule has 0 radical (unpaired) electrons. The highest BCUT2D eigenvalue weighted by Gasteiger charge is 2.39. The van der Waals surface area contributed by atoms with Crippen LogP contribution in [-0.4, -0.2) is 53.5 Å². The summed E-state index contributed by atoms with van der Waals surface area (Å²) in [5, 5.41) is 8.09. The van der Waals surface area contributed by atoms with Gasteiger partial charge in [-0.05, 0) is 24.6 Å². The van der Waals surface area contributed by atoms with Crippen molar-refractivity contribution < 1.29 is 14.0 Å². The van der Waals surface area contributed by atoms with Crippen LogP contribution in [-0.2, 0) is 4.79 Å². The van der Waals surface area contributed by atoms with Crippen LogP contribution in [0.3, 0.4) is 0 Å². The van der Waals surface area contributed by atoms with Crippen LogP contribution in [0.5, 0.6) is 0 Å². The summed E-state index contributed by atoms with van der Waals surface area (Å²) in [4.78, 5) is 28.4. The molecule has 0 saturated carbocycles. The number of piperazine rings is 1. The Balaban J connectivity index is 1.47. The Labute approximate surface area is 158 Å². The minimum absolute atomic E-state index is 0.0425. The quantitative estimate of drug-likeness (QED) is 0.723. The first-order chi connectivity index (χ1) is 12.9. The third kappa shape index (κ3) is 4.51. The van der Waals surface area contributed by atoms with Crippen molar-refractivity contribution in [2.24, 2.45) is 10.2 Å². The van der Waals surface area contributed by atoms with Gasteiger partial charge in [-0.15, -0.1) is 12.3 Å². The molecule has 0 aliphatic carbocycles. The Bertz CT molecular complexity index is 801. The zero-order valence-electron chi connectivity index (χ0n) is 15.4. The molecule has 0 atom stereocenters. The van der Waals surface area contributed by atoms with E-state index >= 15 is 0 Å². The van der Waals surface area contributed by atoms with Crippen molar-refractivity contribution >= 4 is 11.8 Å². The minimum atomic E-state index is -0.449. The Morgan fingerprint density at radius 1 is 1.19 bits per heavy atom. The van der Waals surface area contributed by atoms with E-state index in [0.717, 1.165) is 0 Å². The summed E-state index contributed by atoms with van der Waals surface area (Å²) in [5.41, 5.74) is 0.399. The first-order valence-corrected chi connectivity index (χ1v) is 9.15. The molecule has 0 aromatic heterocycles. The average Bonchev–Trinajstić information content (AvgIpc) is 3.46. The molecule has 7 heteroatoms. The van der Waals surface area contributed by atoms with Gasteiger partial charge in [-0.3, -0.25) is 9.59 Å². The second-order valence-electron chi connectivity index (χ2n) is 7.02. The number of carbonyl (C=O) groups excluding carboxylic acids is 2. The van der Waals surface area contributed by atoms with E-state index in [4.69, 9.17) is 6.42 Å². The Morgan fingerprint density at radius 3 is 2.44 bits per heavy atom. The van der Waals surface area contributed by atoms with Crippen molar-refractivity contribution in [3.63, 3.8) is 0 Å². The molecule has 1 fully saturated rings. The van der Waals surface area contributed by atoms with Crippen molar-refractivity contribution in [3.8, 4) is 12.3 Å². The summed E-state index contributed by atoms with van der Waals surface area (Å²) in [6.45, 7) is 3.50. The van der Waals surface area contributed by atoms with Crippen molar-refractivity contribution in [3.05, 3.63) is 35.1 Å². The number of terminal acetylenes is 1. The van der Waals surface area contributed by atoms with E-state index in [1.165, 1.54) is 6.07 Å². The highest BCUT2D eigenvalue weighted by Crippen LogP contribution is 2.37. The zero-order chi connectivity index (χ0) is 19.4. The number of nitrogens with zero attached hydrogens (tertiary/aromatic N) is 4. The number of hydrogen-bond acceptors (Lipinski definition) is 4. The van der Waals surface area contributed by atoms with Gasteiger partial charge in [0, 0.05) is 57.4 Å². The van der Waals surface area contributed by atoms with Gasteiger partial charge >= 0.3 is 0 Å². The molecule has 2 heterocycles. The van der Waals surface area contributed by atoms with Gasteiger partial charge in [0.25, 0.3) is 5.91 Å². The number of benzene rings is 1. The number of rotatable bonds is 6. The van der Waals surface area contributed by atoms with Gasteiger partial charge in [-0.25, -0.2) is 4.39 Å². The molecule has 3 rings (SSSR count). The maximum absolute atomic E-state index is 13.7. The highest BCUT2D eigenvalue weighted by atomic mass is 19.1. The second-order valence-corrected chi connectivity index (χ2v) is 7.02. The molecular formula is C20H23FN4O2. The Morgan fingerprint density at radius 2 is 1.85 bits per heavy atom. The molecule has 27 heavy (non-hydrogen) atoms. The third-order valence-electron chi connectivity index (χ3n) is 5.13. The van der Waals surface area contributed by atoms with Crippen LogP contribution in [0.4, 0.5) is 4.39 Å². The first kappa shape index (κ1) is 19.0. The largest absolute Gasteiger partial charge is 0.339 e. The van der Waals surface area contributed by atoms with Gasteiger partial charge in [0.15, 0.2) is 5.66 Å². The summed E-state index contributed by atoms with van der Waals surface area (Å²) >= 11 is 0. The van der Waals surface area contributed by atoms with E-state index < -0.39 is 5.66 Å². The molecule has 1 aromatic rings. The first-order valence-electron chi connectivity index (χ1n) is 9.15. The zero-order valence-corrected chi connectivity index (χ0v) is 15.4. The van der Waals surface area contributed by atoms with Crippen LogP contribution >= 0.6 is 0 Å². The van der Waals surface area contributed by atoms with Crippen LogP contribution in [0.2, 0.25) is 0 Å². The fourth-order valence-electron chi connectivity index (χ4n) is 3.20. The maximum atomic E-state index is 13.7. The summed E-state index contributed by atoms with van der Waals surface area (Å²) in [6.07, 6.45) is 7.50. The smallest absolute Gasteiger partial charge is 0.254 e. The van der Waals surface area contributed by atoms with E-state index in [1.54, 1.807) is 28.9 Å². The van der Waals surface area contributed by atoms with E-state index in [-0.39, 0.29) is 17.6 Å². The van der Waals surface area contributed by atoms with Crippen LogP contribution in [0, 0.1) is 25.1 Å². The third-order valence-corrected chi connectivity index (χ3v) is 5.13. The molecular weight excluding hydrogens is 347 g/mol.